The van der Waals surface area contributed by atoms with Crippen LogP contribution in [0.25, 0.3) is 10.9 Å². The Morgan fingerprint density at radius 2 is 2.20 bits per heavy atom. The highest BCUT2D eigenvalue weighted by molar-refractivity contribution is 6.35. The second-order valence-electron chi connectivity index (χ2n) is 4.52. The van der Waals surface area contributed by atoms with Gasteiger partial charge < -0.3 is 10.7 Å². The summed E-state index contributed by atoms with van der Waals surface area (Å²) in [5.74, 6) is 0. The van der Waals surface area contributed by atoms with Crippen molar-refractivity contribution in [3.63, 3.8) is 0 Å². The summed E-state index contributed by atoms with van der Waals surface area (Å²) >= 11 is 6.07. The molecule has 0 spiro atoms. The predicted octanol–water partition coefficient (Wildman–Crippen LogP) is 2.86. The molecule has 0 unspecified atom stereocenters. The molecule has 1 aromatic heterocycles. The average Bonchev–Trinajstić information content (AvgIpc) is 2.81. The van der Waals surface area contributed by atoms with Crippen molar-refractivity contribution in [2.45, 2.75) is 24.8 Å². The summed E-state index contributed by atoms with van der Waals surface area (Å²) < 4.78 is 0. The van der Waals surface area contributed by atoms with Crippen molar-refractivity contribution >= 4 is 22.5 Å². The van der Waals surface area contributed by atoms with Crippen LogP contribution in [0.5, 0.6) is 0 Å². The van der Waals surface area contributed by atoms with Gasteiger partial charge in [-0.25, -0.2) is 0 Å². The van der Waals surface area contributed by atoms with Gasteiger partial charge in [0.1, 0.15) is 0 Å². The van der Waals surface area contributed by atoms with E-state index in [4.69, 9.17) is 17.3 Å². The van der Waals surface area contributed by atoms with Gasteiger partial charge in [0.2, 0.25) is 0 Å². The fraction of sp³-hybridized carbons (Fsp3) is 0.333. The number of benzene rings is 1. The van der Waals surface area contributed by atoms with E-state index < -0.39 is 0 Å². The monoisotopic (exact) mass is 220 g/mol. The van der Waals surface area contributed by atoms with Gasteiger partial charge in [0.15, 0.2) is 0 Å². The third-order valence-corrected chi connectivity index (χ3v) is 3.50. The maximum atomic E-state index is 6.13. The summed E-state index contributed by atoms with van der Waals surface area (Å²) in [6.07, 6.45) is 5.06. The normalized spacial score (nSPS) is 18.3. The van der Waals surface area contributed by atoms with E-state index in [9.17, 15) is 0 Å². The van der Waals surface area contributed by atoms with Crippen molar-refractivity contribution in [3.05, 3.63) is 35.0 Å². The predicted molar refractivity (Wildman–Crippen MR) is 63.2 cm³/mol. The van der Waals surface area contributed by atoms with Crippen LogP contribution in [0.3, 0.4) is 0 Å². The van der Waals surface area contributed by atoms with Crippen LogP contribution in [0.15, 0.2) is 24.4 Å². The van der Waals surface area contributed by atoms with Crippen molar-refractivity contribution in [3.8, 4) is 0 Å². The zero-order chi connectivity index (χ0) is 10.5. The molecule has 3 rings (SSSR count). The fourth-order valence-corrected chi connectivity index (χ4v) is 2.26. The zero-order valence-electron chi connectivity index (χ0n) is 8.39. The van der Waals surface area contributed by atoms with Crippen molar-refractivity contribution in [1.82, 2.24) is 4.98 Å². The first kappa shape index (κ1) is 9.25. The molecule has 1 heterocycles. The molecule has 1 aliphatic carbocycles. The molecule has 3 N–H and O–H groups in total. The van der Waals surface area contributed by atoms with Crippen LogP contribution >= 0.6 is 11.6 Å². The first-order valence-electron chi connectivity index (χ1n) is 5.21. The van der Waals surface area contributed by atoms with Crippen LogP contribution in [0, 0.1) is 0 Å². The van der Waals surface area contributed by atoms with Gasteiger partial charge in [-0.1, -0.05) is 29.8 Å². The van der Waals surface area contributed by atoms with Gasteiger partial charge in [-0.05, 0) is 24.8 Å². The topological polar surface area (TPSA) is 41.8 Å². The third-order valence-electron chi connectivity index (χ3n) is 3.19. The average molecular weight is 221 g/mol. The number of hydrogen-bond acceptors (Lipinski definition) is 1. The van der Waals surface area contributed by atoms with Crippen LogP contribution < -0.4 is 5.73 Å². The largest absolute Gasteiger partial charge is 0.360 e. The molecule has 0 saturated heterocycles. The number of aromatic nitrogens is 1. The minimum absolute atomic E-state index is 0.0475. The maximum absolute atomic E-state index is 6.13. The molecular weight excluding hydrogens is 208 g/mol. The van der Waals surface area contributed by atoms with E-state index >= 15 is 0 Å². The lowest BCUT2D eigenvalue weighted by Gasteiger charge is -2.09. The first-order chi connectivity index (χ1) is 7.18. The maximum Gasteiger partial charge on any atom is 0.0659 e. The number of nitrogens with one attached hydrogen (secondary N) is 1. The molecule has 0 amide bonds. The molecule has 0 radical (unpaired) electrons. The standard InChI is InChI=1S/C12H13ClN2/c13-10-7-15-11-8(2-1-3-9(10)11)6-12(14)4-5-12/h1-3,7,15H,4-6,14H2. The summed E-state index contributed by atoms with van der Waals surface area (Å²) in [4.78, 5) is 3.22. The highest BCUT2D eigenvalue weighted by Crippen LogP contribution is 2.37. The van der Waals surface area contributed by atoms with Crippen molar-refractivity contribution < 1.29 is 0 Å². The molecule has 3 heteroatoms. The van der Waals surface area contributed by atoms with Gasteiger partial charge >= 0.3 is 0 Å². The van der Waals surface area contributed by atoms with Crippen LogP contribution in [-0.2, 0) is 6.42 Å². The smallest absolute Gasteiger partial charge is 0.0659 e. The fourth-order valence-electron chi connectivity index (χ4n) is 2.05. The van der Waals surface area contributed by atoms with Crippen LogP contribution in [-0.4, -0.2) is 10.5 Å². The number of hydrogen-bond donors (Lipinski definition) is 2. The number of fused-ring (bicyclic) bond motifs is 1. The molecular formula is C12H13ClN2. The first-order valence-corrected chi connectivity index (χ1v) is 5.59. The SMILES string of the molecule is NC1(Cc2cccc3c(Cl)c[nH]c23)CC1. The molecule has 0 atom stereocenters. The minimum atomic E-state index is 0.0475. The molecule has 1 aliphatic rings. The number of halogens is 1. The Morgan fingerprint density at radius 3 is 2.93 bits per heavy atom. The van der Waals surface area contributed by atoms with E-state index in [2.05, 4.69) is 11.1 Å². The van der Waals surface area contributed by atoms with E-state index in [0.717, 1.165) is 35.2 Å². The van der Waals surface area contributed by atoms with Crippen molar-refractivity contribution in [1.29, 1.82) is 0 Å². The molecule has 0 aliphatic heterocycles. The Bertz CT molecular complexity index is 511. The van der Waals surface area contributed by atoms with Crippen LogP contribution in [0.1, 0.15) is 18.4 Å². The molecule has 1 fully saturated rings. The highest BCUT2D eigenvalue weighted by Gasteiger charge is 2.38. The van der Waals surface area contributed by atoms with Gasteiger partial charge in [0.25, 0.3) is 0 Å². The second kappa shape index (κ2) is 3.00. The van der Waals surface area contributed by atoms with Gasteiger partial charge in [-0.15, -0.1) is 0 Å². The van der Waals surface area contributed by atoms with Crippen LogP contribution in [0.2, 0.25) is 5.02 Å². The number of H-pyrrole nitrogens is 1. The van der Waals surface area contributed by atoms with Crippen molar-refractivity contribution in [2.24, 2.45) is 5.73 Å². The summed E-state index contributed by atoms with van der Waals surface area (Å²) in [5, 5.41) is 1.88. The number of nitrogens with two attached hydrogens (primary N) is 1. The number of para-hydroxylation sites is 1. The summed E-state index contributed by atoms with van der Waals surface area (Å²) in [6.45, 7) is 0. The van der Waals surface area contributed by atoms with Crippen molar-refractivity contribution in [2.75, 3.05) is 0 Å². The lowest BCUT2D eigenvalue weighted by molar-refractivity contribution is 0.674. The van der Waals surface area contributed by atoms with E-state index in [1.54, 1.807) is 0 Å². The molecule has 1 aromatic carbocycles. The Balaban J connectivity index is 2.09. The molecule has 2 aromatic rings. The van der Waals surface area contributed by atoms with E-state index in [1.165, 1.54) is 5.56 Å². The molecule has 1 saturated carbocycles. The molecule has 0 bridgehead atoms. The Hall–Kier alpha value is -0.990. The summed E-state index contributed by atoms with van der Waals surface area (Å²) in [7, 11) is 0. The lowest BCUT2D eigenvalue weighted by Crippen LogP contribution is -2.24. The molecule has 2 nitrogen and oxygen atoms in total. The Kier molecular flexibility index (Phi) is 1.85. The van der Waals surface area contributed by atoms with Gasteiger partial charge in [-0.3, -0.25) is 0 Å². The van der Waals surface area contributed by atoms with Gasteiger partial charge in [-0.2, -0.15) is 0 Å². The second-order valence-corrected chi connectivity index (χ2v) is 4.92. The van der Waals surface area contributed by atoms with E-state index in [0.29, 0.717) is 0 Å². The van der Waals surface area contributed by atoms with Gasteiger partial charge in [0, 0.05) is 17.1 Å². The summed E-state index contributed by atoms with van der Waals surface area (Å²) in [6, 6.07) is 6.21. The third kappa shape index (κ3) is 1.54. The molecule has 78 valence electrons. The summed E-state index contributed by atoms with van der Waals surface area (Å²) in [5.41, 5.74) is 8.59. The molecule has 15 heavy (non-hydrogen) atoms. The Morgan fingerprint density at radius 1 is 1.40 bits per heavy atom. The van der Waals surface area contributed by atoms with E-state index in [1.807, 2.05) is 18.3 Å². The quantitative estimate of drug-likeness (QED) is 0.803. The van der Waals surface area contributed by atoms with E-state index in [-0.39, 0.29) is 5.54 Å². The number of aromatic amines is 1. The van der Waals surface area contributed by atoms with Crippen LogP contribution in [0.4, 0.5) is 0 Å². The highest BCUT2D eigenvalue weighted by atomic mass is 35.5. The Labute approximate surface area is 93.4 Å². The minimum Gasteiger partial charge on any atom is -0.360 e. The lowest BCUT2D eigenvalue weighted by atomic mass is 10.0. The van der Waals surface area contributed by atoms with Gasteiger partial charge in [0.05, 0.1) is 10.5 Å². The number of rotatable bonds is 2. The zero-order valence-corrected chi connectivity index (χ0v) is 9.14.